The third kappa shape index (κ3) is 6.61. The maximum Gasteiger partial charge on any atom is 0.412 e. The summed E-state index contributed by atoms with van der Waals surface area (Å²) in [4.78, 5) is 30.3. The first-order chi connectivity index (χ1) is 18.1. The summed E-state index contributed by atoms with van der Waals surface area (Å²) in [5.41, 5.74) is 2.68. The lowest BCUT2D eigenvalue weighted by atomic mass is 10.1. The molecule has 38 heavy (non-hydrogen) atoms. The number of aromatic nitrogens is 4. The maximum absolute atomic E-state index is 13.2. The van der Waals surface area contributed by atoms with Crippen molar-refractivity contribution in [2.75, 3.05) is 24.4 Å². The van der Waals surface area contributed by atoms with Gasteiger partial charge in [0.15, 0.2) is 11.2 Å². The molecule has 0 unspecified atom stereocenters. The summed E-state index contributed by atoms with van der Waals surface area (Å²) in [6.07, 6.45) is 1.00. The lowest BCUT2D eigenvalue weighted by Gasteiger charge is -2.20. The van der Waals surface area contributed by atoms with Crippen LogP contribution in [0, 0.1) is 5.82 Å². The molecule has 0 spiro atoms. The second-order valence-electron chi connectivity index (χ2n) is 9.23. The molecule has 0 saturated carbocycles. The molecule has 0 bridgehead atoms. The molecule has 0 aliphatic carbocycles. The third-order valence-electron chi connectivity index (χ3n) is 5.15. The molecule has 1 amide bonds. The normalized spacial score (nSPS) is 11.2. The minimum absolute atomic E-state index is 0.281. The van der Waals surface area contributed by atoms with E-state index in [9.17, 15) is 9.18 Å². The summed E-state index contributed by atoms with van der Waals surface area (Å²) < 4.78 is 29.7. The number of carbonyl (C=O) groups is 1. The van der Waals surface area contributed by atoms with Crippen molar-refractivity contribution in [3.63, 3.8) is 0 Å². The number of anilines is 2. The van der Waals surface area contributed by atoms with Crippen LogP contribution in [-0.4, -0.2) is 45.3 Å². The van der Waals surface area contributed by atoms with Crippen LogP contribution < -0.4 is 20.1 Å². The van der Waals surface area contributed by atoms with E-state index in [1.165, 1.54) is 19.2 Å². The highest BCUT2D eigenvalue weighted by Gasteiger charge is 2.19. The lowest BCUT2D eigenvalue weighted by molar-refractivity contribution is 0.0635. The smallest absolute Gasteiger partial charge is 0.412 e. The first-order valence-corrected chi connectivity index (χ1v) is 12.0. The Labute approximate surface area is 219 Å². The molecule has 0 radical (unpaired) electrons. The van der Waals surface area contributed by atoms with Crippen molar-refractivity contribution in [3.8, 4) is 22.9 Å². The molecular weight excluding hydrogens is 491 g/mol. The summed E-state index contributed by atoms with van der Waals surface area (Å²) in [5, 5.41) is 5.81. The average molecular weight is 521 g/mol. The van der Waals surface area contributed by atoms with E-state index in [2.05, 4.69) is 25.6 Å². The van der Waals surface area contributed by atoms with E-state index >= 15 is 0 Å². The third-order valence-corrected chi connectivity index (χ3v) is 5.15. The Bertz CT molecular complexity index is 1440. The number of carbonyl (C=O) groups excluding carboxylic acids is 1. The highest BCUT2D eigenvalue weighted by atomic mass is 19.1. The first kappa shape index (κ1) is 26.5. The predicted octanol–water partition coefficient (Wildman–Crippen LogP) is 5.59. The fourth-order valence-electron chi connectivity index (χ4n) is 3.49. The molecule has 0 aliphatic rings. The second-order valence-corrected chi connectivity index (χ2v) is 9.23. The standard InChI is InChI=1S/C27H29FN6O4/c1-6-37-24-22-23(33-25(34-24)30-14-16-7-10-18(28)11-8-16)29-15-20(31-22)17-9-12-19(21(13-17)36-5)32-26(35)38-27(2,3)4/h7-13,15H,6,14H2,1-5H3,(H,32,35)(H,29,30,33,34). The van der Waals surface area contributed by atoms with E-state index in [0.717, 1.165) is 5.56 Å². The van der Waals surface area contributed by atoms with Crippen molar-refractivity contribution in [2.24, 2.45) is 0 Å². The number of nitrogens with zero attached hydrogens (tertiary/aromatic N) is 4. The van der Waals surface area contributed by atoms with Crippen molar-refractivity contribution in [1.82, 2.24) is 19.9 Å². The van der Waals surface area contributed by atoms with Crippen molar-refractivity contribution >= 4 is 28.9 Å². The molecule has 0 saturated heterocycles. The van der Waals surface area contributed by atoms with E-state index < -0.39 is 11.7 Å². The maximum atomic E-state index is 13.2. The van der Waals surface area contributed by atoms with Crippen molar-refractivity contribution in [1.29, 1.82) is 0 Å². The van der Waals surface area contributed by atoms with E-state index in [0.29, 0.717) is 53.0 Å². The number of hydrogen-bond acceptors (Lipinski definition) is 9. The zero-order valence-corrected chi connectivity index (χ0v) is 21.8. The van der Waals surface area contributed by atoms with Gasteiger partial charge in [0.2, 0.25) is 11.8 Å². The van der Waals surface area contributed by atoms with Crippen molar-refractivity contribution < 1.29 is 23.4 Å². The molecule has 2 aromatic heterocycles. The average Bonchev–Trinajstić information content (AvgIpc) is 2.87. The van der Waals surface area contributed by atoms with Crippen molar-refractivity contribution in [2.45, 2.75) is 39.8 Å². The number of methoxy groups -OCH3 is 1. The first-order valence-electron chi connectivity index (χ1n) is 12.0. The van der Waals surface area contributed by atoms with Gasteiger partial charge < -0.3 is 19.5 Å². The Morgan fingerprint density at radius 1 is 1.05 bits per heavy atom. The molecule has 0 aliphatic heterocycles. The Morgan fingerprint density at radius 3 is 2.50 bits per heavy atom. The number of fused-ring (bicyclic) bond motifs is 1. The van der Waals surface area contributed by atoms with E-state index in [1.54, 1.807) is 57.3 Å². The van der Waals surface area contributed by atoms with Crippen LogP contribution in [0.1, 0.15) is 33.3 Å². The highest BCUT2D eigenvalue weighted by molar-refractivity contribution is 5.88. The monoisotopic (exact) mass is 520 g/mol. The molecule has 198 valence electrons. The number of benzene rings is 2. The minimum Gasteiger partial charge on any atom is -0.495 e. The summed E-state index contributed by atoms with van der Waals surface area (Å²) in [6, 6.07) is 11.4. The SMILES string of the molecule is CCOc1nc(NCc2ccc(F)cc2)nc2ncc(-c3ccc(NC(=O)OC(C)(C)C)c(OC)c3)nc12. The Balaban J connectivity index is 1.60. The number of rotatable bonds is 8. The fourth-order valence-corrected chi connectivity index (χ4v) is 3.49. The number of ether oxygens (including phenoxy) is 3. The molecule has 2 N–H and O–H groups in total. The van der Waals surface area contributed by atoms with Crippen LogP contribution in [0.15, 0.2) is 48.7 Å². The predicted molar refractivity (Wildman–Crippen MR) is 142 cm³/mol. The number of hydrogen-bond donors (Lipinski definition) is 2. The van der Waals surface area contributed by atoms with Crippen LogP contribution >= 0.6 is 0 Å². The minimum atomic E-state index is -0.630. The molecule has 2 aromatic carbocycles. The molecular formula is C27H29FN6O4. The molecule has 0 fully saturated rings. The van der Waals surface area contributed by atoms with Crippen LogP contribution in [0.2, 0.25) is 0 Å². The molecule has 10 nitrogen and oxygen atoms in total. The quantitative estimate of drug-likeness (QED) is 0.306. The van der Waals surface area contributed by atoms with Gasteiger partial charge in [-0.15, -0.1) is 0 Å². The van der Waals surface area contributed by atoms with Gasteiger partial charge in [-0.3, -0.25) is 5.32 Å². The van der Waals surface area contributed by atoms with Gasteiger partial charge in [0.1, 0.15) is 17.2 Å². The van der Waals surface area contributed by atoms with Gasteiger partial charge in [-0.05, 0) is 57.5 Å². The summed E-state index contributed by atoms with van der Waals surface area (Å²) in [7, 11) is 1.51. The molecule has 4 aromatic rings. The van der Waals surface area contributed by atoms with Gasteiger partial charge in [0, 0.05) is 12.1 Å². The lowest BCUT2D eigenvalue weighted by Crippen LogP contribution is -2.27. The number of amides is 1. The van der Waals surface area contributed by atoms with Gasteiger partial charge in [0.05, 0.1) is 31.3 Å². The van der Waals surface area contributed by atoms with Gasteiger partial charge >= 0.3 is 6.09 Å². The van der Waals surface area contributed by atoms with Gasteiger partial charge in [-0.1, -0.05) is 18.2 Å². The summed E-state index contributed by atoms with van der Waals surface area (Å²) in [6.45, 7) is 7.97. The highest BCUT2D eigenvalue weighted by Crippen LogP contribution is 2.32. The van der Waals surface area contributed by atoms with Crippen LogP contribution in [-0.2, 0) is 11.3 Å². The van der Waals surface area contributed by atoms with E-state index in [-0.39, 0.29) is 11.7 Å². The van der Waals surface area contributed by atoms with Crippen LogP contribution in [0.4, 0.5) is 20.8 Å². The largest absolute Gasteiger partial charge is 0.495 e. The van der Waals surface area contributed by atoms with Crippen LogP contribution in [0.5, 0.6) is 11.6 Å². The zero-order valence-electron chi connectivity index (χ0n) is 21.8. The Kier molecular flexibility index (Phi) is 7.85. The molecule has 2 heterocycles. The topological polar surface area (TPSA) is 120 Å². The molecule has 11 heteroatoms. The van der Waals surface area contributed by atoms with E-state index in [1.807, 2.05) is 6.92 Å². The van der Waals surface area contributed by atoms with Crippen LogP contribution in [0.25, 0.3) is 22.4 Å². The second kappa shape index (κ2) is 11.2. The zero-order chi connectivity index (χ0) is 27.3. The Morgan fingerprint density at radius 2 is 1.82 bits per heavy atom. The number of halogens is 1. The van der Waals surface area contributed by atoms with Crippen LogP contribution in [0.3, 0.4) is 0 Å². The van der Waals surface area contributed by atoms with Gasteiger partial charge in [0.25, 0.3) is 0 Å². The molecule has 4 rings (SSSR count). The number of nitrogens with one attached hydrogen (secondary N) is 2. The molecule has 0 atom stereocenters. The summed E-state index contributed by atoms with van der Waals surface area (Å²) >= 11 is 0. The Hall–Kier alpha value is -4.54. The fraction of sp³-hybridized carbons (Fsp3) is 0.296. The van der Waals surface area contributed by atoms with Gasteiger partial charge in [-0.2, -0.15) is 9.97 Å². The summed E-state index contributed by atoms with van der Waals surface area (Å²) in [5.74, 6) is 0.721. The van der Waals surface area contributed by atoms with Gasteiger partial charge in [-0.25, -0.2) is 19.2 Å². The van der Waals surface area contributed by atoms with E-state index in [4.69, 9.17) is 19.2 Å². The van der Waals surface area contributed by atoms with Crippen molar-refractivity contribution in [3.05, 3.63) is 60.0 Å².